The summed E-state index contributed by atoms with van der Waals surface area (Å²) in [5, 5.41) is 4.70. The molecule has 1 aromatic rings. The third kappa shape index (κ3) is 2.20. The maximum Gasteiger partial charge on any atom is 0.338 e. The molecule has 18 heavy (non-hydrogen) atoms. The Morgan fingerprint density at radius 3 is 2.61 bits per heavy atom. The van der Waals surface area contributed by atoms with Gasteiger partial charge in [-0.2, -0.15) is 0 Å². The van der Waals surface area contributed by atoms with Crippen LogP contribution in [0.25, 0.3) is 0 Å². The molecule has 2 N–H and O–H groups in total. The van der Waals surface area contributed by atoms with E-state index in [2.05, 4.69) is 24.6 Å². The quantitative estimate of drug-likeness (QED) is 0.859. The van der Waals surface area contributed by atoms with E-state index in [9.17, 15) is 4.79 Å². The Hall–Kier alpha value is -1.55. The maximum atomic E-state index is 12.1. The lowest BCUT2D eigenvalue weighted by Gasteiger charge is -2.28. The summed E-state index contributed by atoms with van der Waals surface area (Å²) in [5.41, 5.74) is 5.04. The van der Waals surface area contributed by atoms with E-state index in [4.69, 9.17) is 0 Å². The maximum absolute atomic E-state index is 12.1. The van der Waals surface area contributed by atoms with Gasteiger partial charge in [-0.05, 0) is 31.4 Å². The summed E-state index contributed by atoms with van der Waals surface area (Å²) in [6.07, 6.45) is 2.83. The van der Waals surface area contributed by atoms with Crippen molar-refractivity contribution in [3.63, 3.8) is 0 Å². The minimum absolute atomic E-state index is 0.0698. The van der Waals surface area contributed by atoms with Crippen molar-refractivity contribution < 1.29 is 4.79 Å². The first-order valence-corrected chi connectivity index (χ1v) is 6.57. The van der Waals surface area contributed by atoms with E-state index in [1.165, 1.54) is 0 Å². The number of para-hydroxylation sites is 1. The third-order valence-electron chi connectivity index (χ3n) is 3.51. The molecular weight excluding hydrogens is 226 g/mol. The SMILES string of the molecule is CCCC1(CC)NC(=O)N(c2ccccc2C)N1. The van der Waals surface area contributed by atoms with Gasteiger partial charge in [0.2, 0.25) is 0 Å². The molecule has 1 fully saturated rings. The average molecular weight is 247 g/mol. The molecule has 0 saturated carbocycles. The van der Waals surface area contributed by atoms with Crippen molar-refractivity contribution in [3.8, 4) is 0 Å². The Labute approximate surface area is 108 Å². The summed E-state index contributed by atoms with van der Waals surface area (Å²) in [7, 11) is 0. The van der Waals surface area contributed by atoms with Crippen molar-refractivity contribution in [2.24, 2.45) is 0 Å². The van der Waals surface area contributed by atoms with Gasteiger partial charge in [-0.15, -0.1) is 0 Å². The van der Waals surface area contributed by atoms with E-state index in [1.54, 1.807) is 5.01 Å². The van der Waals surface area contributed by atoms with Crippen molar-refractivity contribution in [2.75, 3.05) is 5.01 Å². The molecule has 4 nitrogen and oxygen atoms in total. The number of nitrogens with zero attached hydrogens (tertiary/aromatic N) is 1. The van der Waals surface area contributed by atoms with E-state index in [0.29, 0.717) is 0 Å². The molecule has 1 atom stereocenters. The van der Waals surface area contributed by atoms with Crippen molar-refractivity contribution >= 4 is 11.7 Å². The van der Waals surface area contributed by atoms with Crippen LogP contribution in [0.1, 0.15) is 38.7 Å². The topological polar surface area (TPSA) is 44.4 Å². The van der Waals surface area contributed by atoms with E-state index in [-0.39, 0.29) is 11.7 Å². The monoisotopic (exact) mass is 247 g/mol. The van der Waals surface area contributed by atoms with Crippen LogP contribution in [0.5, 0.6) is 0 Å². The van der Waals surface area contributed by atoms with Crippen LogP contribution in [0.3, 0.4) is 0 Å². The first-order chi connectivity index (χ1) is 8.62. The molecule has 2 amide bonds. The van der Waals surface area contributed by atoms with E-state index in [0.717, 1.165) is 30.5 Å². The molecule has 2 rings (SSSR count). The Bertz CT molecular complexity index is 446. The summed E-state index contributed by atoms with van der Waals surface area (Å²) in [6, 6.07) is 7.82. The normalized spacial score (nSPS) is 23.3. The second kappa shape index (κ2) is 4.98. The van der Waals surface area contributed by atoms with Gasteiger partial charge in [0.1, 0.15) is 5.66 Å². The number of anilines is 1. The summed E-state index contributed by atoms with van der Waals surface area (Å²) in [5.74, 6) is 0. The predicted octanol–water partition coefficient (Wildman–Crippen LogP) is 2.94. The second-order valence-corrected chi connectivity index (χ2v) is 4.85. The number of benzene rings is 1. The van der Waals surface area contributed by atoms with Crippen LogP contribution in [-0.4, -0.2) is 11.7 Å². The first kappa shape index (κ1) is 12.9. The van der Waals surface area contributed by atoms with Crippen LogP contribution < -0.4 is 15.8 Å². The van der Waals surface area contributed by atoms with Gasteiger partial charge >= 0.3 is 6.03 Å². The fourth-order valence-corrected chi connectivity index (χ4v) is 2.43. The Morgan fingerprint density at radius 2 is 2.00 bits per heavy atom. The van der Waals surface area contributed by atoms with E-state index >= 15 is 0 Å². The second-order valence-electron chi connectivity index (χ2n) is 4.85. The lowest BCUT2D eigenvalue weighted by Crippen LogP contribution is -2.50. The molecule has 98 valence electrons. The lowest BCUT2D eigenvalue weighted by molar-refractivity contribution is 0.242. The van der Waals surface area contributed by atoms with Gasteiger partial charge in [-0.25, -0.2) is 15.2 Å². The van der Waals surface area contributed by atoms with Gasteiger partial charge in [0.05, 0.1) is 5.69 Å². The van der Waals surface area contributed by atoms with Gasteiger partial charge in [0.25, 0.3) is 0 Å². The number of hydrazine groups is 1. The van der Waals surface area contributed by atoms with Crippen LogP contribution in [-0.2, 0) is 0 Å². The minimum atomic E-state index is -0.298. The van der Waals surface area contributed by atoms with E-state index < -0.39 is 0 Å². The Balaban J connectivity index is 2.27. The first-order valence-electron chi connectivity index (χ1n) is 6.57. The number of carbonyl (C=O) groups excluding carboxylic acids is 1. The lowest BCUT2D eigenvalue weighted by atomic mass is 10.0. The molecule has 0 spiro atoms. The molecule has 1 heterocycles. The van der Waals surface area contributed by atoms with Gasteiger partial charge < -0.3 is 5.32 Å². The number of urea groups is 1. The molecule has 4 heteroatoms. The van der Waals surface area contributed by atoms with Gasteiger partial charge in [-0.3, -0.25) is 0 Å². The number of carbonyl (C=O) groups is 1. The molecule has 1 unspecified atom stereocenters. The smallest absolute Gasteiger partial charge is 0.317 e. The summed E-state index contributed by atoms with van der Waals surface area (Å²) >= 11 is 0. The van der Waals surface area contributed by atoms with Crippen LogP contribution in [0.4, 0.5) is 10.5 Å². The number of amides is 2. The Kier molecular flexibility index (Phi) is 3.57. The zero-order valence-electron chi connectivity index (χ0n) is 11.3. The van der Waals surface area contributed by atoms with E-state index in [1.807, 2.05) is 31.2 Å². The molecule has 1 aliphatic heterocycles. The molecular formula is C14H21N3O. The fraction of sp³-hybridized carbons (Fsp3) is 0.500. The molecule has 1 aliphatic rings. The van der Waals surface area contributed by atoms with Crippen LogP contribution in [0, 0.1) is 6.92 Å². The number of hydrogen-bond donors (Lipinski definition) is 2. The standard InChI is InChI=1S/C14H21N3O/c1-4-10-14(5-2)15-13(18)17(16-14)12-9-7-6-8-11(12)3/h6-9,16H,4-5,10H2,1-3H3,(H,15,18). The van der Waals surface area contributed by atoms with Crippen LogP contribution >= 0.6 is 0 Å². The fourth-order valence-electron chi connectivity index (χ4n) is 2.43. The number of nitrogens with one attached hydrogen (secondary N) is 2. The zero-order chi connectivity index (χ0) is 13.2. The number of aryl methyl sites for hydroxylation is 1. The highest BCUT2D eigenvalue weighted by atomic mass is 16.2. The van der Waals surface area contributed by atoms with Crippen molar-refractivity contribution in [3.05, 3.63) is 29.8 Å². The highest BCUT2D eigenvalue weighted by Crippen LogP contribution is 2.26. The molecule has 0 aromatic heterocycles. The number of hydrogen-bond acceptors (Lipinski definition) is 2. The Morgan fingerprint density at radius 1 is 1.28 bits per heavy atom. The van der Waals surface area contributed by atoms with Gasteiger partial charge in [-0.1, -0.05) is 38.5 Å². The molecule has 0 radical (unpaired) electrons. The van der Waals surface area contributed by atoms with Gasteiger partial charge in [0, 0.05) is 0 Å². The summed E-state index contributed by atoms with van der Waals surface area (Å²) in [6.45, 7) is 6.22. The molecule has 1 saturated heterocycles. The predicted molar refractivity (Wildman–Crippen MR) is 73.3 cm³/mol. The van der Waals surface area contributed by atoms with Crippen LogP contribution in [0.2, 0.25) is 0 Å². The zero-order valence-corrected chi connectivity index (χ0v) is 11.3. The van der Waals surface area contributed by atoms with Crippen molar-refractivity contribution in [1.82, 2.24) is 10.7 Å². The highest BCUT2D eigenvalue weighted by Gasteiger charge is 2.40. The molecule has 1 aromatic carbocycles. The van der Waals surface area contributed by atoms with Crippen molar-refractivity contribution in [2.45, 2.75) is 45.7 Å². The largest absolute Gasteiger partial charge is 0.338 e. The average Bonchev–Trinajstić information content (AvgIpc) is 2.68. The third-order valence-corrected chi connectivity index (χ3v) is 3.51. The summed E-state index contributed by atoms with van der Waals surface area (Å²) < 4.78 is 0. The minimum Gasteiger partial charge on any atom is -0.317 e. The number of rotatable bonds is 4. The van der Waals surface area contributed by atoms with Gasteiger partial charge in [0.15, 0.2) is 0 Å². The summed E-state index contributed by atoms with van der Waals surface area (Å²) in [4.78, 5) is 12.1. The highest BCUT2D eigenvalue weighted by molar-refractivity contribution is 5.94. The van der Waals surface area contributed by atoms with Crippen LogP contribution in [0.15, 0.2) is 24.3 Å². The van der Waals surface area contributed by atoms with Crippen molar-refractivity contribution in [1.29, 1.82) is 0 Å². The molecule has 0 aliphatic carbocycles. The molecule has 0 bridgehead atoms.